The van der Waals surface area contributed by atoms with Crippen molar-refractivity contribution in [2.24, 2.45) is 0 Å². The molecule has 1 N–H and O–H groups in total. The zero-order valence-corrected chi connectivity index (χ0v) is 8.72. The highest BCUT2D eigenvalue weighted by Gasteiger charge is 2.13. The van der Waals surface area contributed by atoms with E-state index in [0.29, 0.717) is 4.88 Å². The van der Waals surface area contributed by atoms with Crippen LogP contribution in [0, 0.1) is 0 Å². The smallest absolute Gasteiger partial charge is 0.345 e. The Bertz CT molecular complexity index is 329. The van der Waals surface area contributed by atoms with Crippen molar-refractivity contribution in [2.75, 3.05) is 13.1 Å². The van der Waals surface area contributed by atoms with Gasteiger partial charge in [-0.15, -0.1) is 11.3 Å². The second-order valence-electron chi connectivity index (χ2n) is 3.55. The highest BCUT2D eigenvalue weighted by molar-refractivity contribution is 7.13. The lowest BCUT2D eigenvalue weighted by molar-refractivity contribution is 0.0702. The van der Waals surface area contributed by atoms with Gasteiger partial charge in [0.25, 0.3) is 0 Å². The molecule has 2 heterocycles. The molecule has 2 rings (SSSR count). The molecule has 1 fully saturated rings. The summed E-state index contributed by atoms with van der Waals surface area (Å²) < 4.78 is 0. The first-order valence-corrected chi connectivity index (χ1v) is 5.62. The Balaban J connectivity index is 1.98. The Labute approximate surface area is 87.0 Å². The summed E-state index contributed by atoms with van der Waals surface area (Å²) in [6, 6.07) is 3.62. The Kier molecular flexibility index (Phi) is 2.84. The van der Waals surface area contributed by atoms with Crippen LogP contribution in [0.25, 0.3) is 0 Å². The summed E-state index contributed by atoms with van der Waals surface area (Å²) in [6.07, 6.45) is 2.55. The number of thiophene rings is 1. The van der Waals surface area contributed by atoms with Crippen LogP contribution in [0.2, 0.25) is 0 Å². The third-order valence-electron chi connectivity index (χ3n) is 2.45. The highest BCUT2D eigenvalue weighted by atomic mass is 32.1. The van der Waals surface area contributed by atoms with Crippen molar-refractivity contribution in [1.29, 1.82) is 0 Å². The van der Waals surface area contributed by atoms with Crippen molar-refractivity contribution in [2.45, 2.75) is 19.4 Å². The van der Waals surface area contributed by atoms with Crippen LogP contribution in [0.1, 0.15) is 27.4 Å². The number of carboxylic acid groups (broad SMARTS) is 1. The van der Waals surface area contributed by atoms with Gasteiger partial charge in [0, 0.05) is 11.4 Å². The van der Waals surface area contributed by atoms with Gasteiger partial charge in [-0.3, -0.25) is 4.90 Å². The van der Waals surface area contributed by atoms with Gasteiger partial charge in [-0.2, -0.15) is 0 Å². The number of aromatic carboxylic acids is 1. The first-order chi connectivity index (χ1) is 6.75. The van der Waals surface area contributed by atoms with Gasteiger partial charge in [-0.05, 0) is 38.1 Å². The number of carboxylic acids is 1. The Morgan fingerprint density at radius 1 is 1.43 bits per heavy atom. The molecule has 0 radical (unpaired) electrons. The Hall–Kier alpha value is -0.870. The lowest BCUT2D eigenvalue weighted by atomic mass is 10.4. The molecule has 76 valence electrons. The zero-order valence-electron chi connectivity index (χ0n) is 7.90. The number of hydrogen-bond donors (Lipinski definition) is 1. The predicted molar refractivity (Wildman–Crippen MR) is 55.8 cm³/mol. The minimum Gasteiger partial charge on any atom is -0.477 e. The normalized spacial score (nSPS) is 17.4. The van der Waals surface area contributed by atoms with Crippen LogP contribution in [0.5, 0.6) is 0 Å². The summed E-state index contributed by atoms with van der Waals surface area (Å²) in [4.78, 5) is 14.6. The summed E-state index contributed by atoms with van der Waals surface area (Å²) in [6.45, 7) is 3.22. The van der Waals surface area contributed by atoms with Gasteiger partial charge in [-0.25, -0.2) is 4.79 Å². The fourth-order valence-corrected chi connectivity index (χ4v) is 2.63. The molecule has 1 aromatic heterocycles. The van der Waals surface area contributed by atoms with Gasteiger partial charge in [-0.1, -0.05) is 0 Å². The van der Waals surface area contributed by atoms with Gasteiger partial charge in [0.15, 0.2) is 0 Å². The SMILES string of the molecule is O=C(O)c1ccc(CN2CCCC2)s1. The molecule has 0 aromatic carbocycles. The Morgan fingerprint density at radius 2 is 2.14 bits per heavy atom. The van der Waals surface area contributed by atoms with Crippen LogP contribution in [-0.2, 0) is 6.54 Å². The first kappa shape index (κ1) is 9.68. The second-order valence-corrected chi connectivity index (χ2v) is 4.72. The summed E-state index contributed by atoms with van der Waals surface area (Å²) in [5.74, 6) is -0.817. The third kappa shape index (κ3) is 2.13. The van der Waals surface area contributed by atoms with Gasteiger partial charge >= 0.3 is 5.97 Å². The molecule has 0 aliphatic carbocycles. The van der Waals surface area contributed by atoms with Crippen LogP contribution in [0.3, 0.4) is 0 Å². The van der Waals surface area contributed by atoms with E-state index >= 15 is 0 Å². The lowest BCUT2D eigenvalue weighted by Crippen LogP contribution is -2.17. The van der Waals surface area contributed by atoms with Crippen molar-refractivity contribution in [3.8, 4) is 0 Å². The molecule has 0 saturated carbocycles. The van der Waals surface area contributed by atoms with Crippen LogP contribution in [0.15, 0.2) is 12.1 Å². The standard InChI is InChI=1S/C10H13NO2S/c12-10(13)9-4-3-8(14-9)7-11-5-1-2-6-11/h3-4H,1-2,5-7H2,(H,12,13). The van der Waals surface area contributed by atoms with Crippen LogP contribution < -0.4 is 0 Å². The molecule has 0 spiro atoms. The first-order valence-electron chi connectivity index (χ1n) is 4.80. The summed E-state index contributed by atoms with van der Waals surface area (Å²) in [5.41, 5.74) is 0. The van der Waals surface area contributed by atoms with E-state index in [1.165, 1.54) is 24.2 Å². The Morgan fingerprint density at radius 3 is 2.71 bits per heavy atom. The van der Waals surface area contributed by atoms with Crippen molar-refractivity contribution in [3.63, 3.8) is 0 Å². The van der Waals surface area contributed by atoms with E-state index < -0.39 is 5.97 Å². The van der Waals surface area contributed by atoms with Gasteiger partial charge in [0.2, 0.25) is 0 Å². The number of rotatable bonds is 3. The molecule has 3 nitrogen and oxygen atoms in total. The second kappa shape index (κ2) is 4.11. The fraction of sp³-hybridized carbons (Fsp3) is 0.500. The van der Waals surface area contributed by atoms with E-state index in [-0.39, 0.29) is 0 Å². The molecule has 14 heavy (non-hydrogen) atoms. The van der Waals surface area contributed by atoms with E-state index in [4.69, 9.17) is 5.11 Å². The monoisotopic (exact) mass is 211 g/mol. The molecule has 0 atom stereocenters. The van der Waals surface area contributed by atoms with Gasteiger partial charge in [0.1, 0.15) is 4.88 Å². The van der Waals surface area contributed by atoms with Crippen LogP contribution >= 0.6 is 11.3 Å². The maximum atomic E-state index is 10.6. The van der Waals surface area contributed by atoms with Crippen molar-refractivity contribution < 1.29 is 9.90 Å². The van der Waals surface area contributed by atoms with Crippen molar-refractivity contribution >= 4 is 17.3 Å². The fourth-order valence-electron chi connectivity index (χ4n) is 1.74. The maximum Gasteiger partial charge on any atom is 0.345 e. The van der Waals surface area contributed by atoms with Gasteiger partial charge < -0.3 is 5.11 Å². The van der Waals surface area contributed by atoms with E-state index in [2.05, 4.69) is 4.90 Å². The summed E-state index contributed by atoms with van der Waals surface area (Å²) in [7, 11) is 0. The lowest BCUT2D eigenvalue weighted by Gasteiger charge is -2.12. The molecule has 4 heteroatoms. The topological polar surface area (TPSA) is 40.5 Å². The van der Waals surface area contributed by atoms with E-state index in [1.54, 1.807) is 6.07 Å². The highest BCUT2D eigenvalue weighted by Crippen LogP contribution is 2.20. The van der Waals surface area contributed by atoms with E-state index in [1.807, 2.05) is 6.07 Å². The molecule has 0 bridgehead atoms. The van der Waals surface area contributed by atoms with Crippen molar-refractivity contribution in [3.05, 3.63) is 21.9 Å². The minimum absolute atomic E-state index is 0.444. The molecule has 0 amide bonds. The molecule has 1 aromatic rings. The molecule has 0 unspecified atom stereocenters. The molecule has 1 aliphatic heterocycles. The third-order valence-corrected chi connectivity index (χ3v) is 3.51. The van der Waals surface area contributed by atoms with Crippen molar-refractivity contribution in [1.82, 2.24) is 4.90 Å². The molecule has 1 saturated heterocycles. The summed E-state index contributed by atoms with van der Waals surface area (Å²) in [5, 5.41) is 8.76. The zero-order chi connectivity index (χ0) is 9.97. The number of likely N-dealkylation sites (tertiary alicyclic amines) is 1. The molecule has 1 aliphatic rings. The van der Waals surface area contributed by atoms with Crippen LogP contribution in [-0.4, -0.2) is 29.1 Å². The molecular weight excluding hydrogens is 198 g/mol. The number of carbonyl (C=O) groups is 1. The maximum absolute atomic E-state index is 10.6. The van der Waals surface area contributed by atoms with E-state index in [0.717, 1.165) is 24.5 Å². The van der Waals surface area contributed by atoms with E-state index in [9.17, 15) is 4.79 Å². The number of hydrogen-bond acceptors (Lipinski definition) is 3. The largest absolute Gasteiger partial charge is 0.477 e. The average Bonchev–Trinajstić information content (AvgIpc) is 2.75. The summed E-state index contributed by atoms with van der Waals surface area (Å²) >= 11 is 1.39. The quantitative estimate of drug-likeness (QED) is 0.831. The van der Waals surface area contributed by atoms with Gasteiger partial charge in [0.05, 0.1) is 0 Å². The minimum atomic E-state index is -0.817. The average molecular weight is 211 g/mol. The predicted octanol–water partition coefficient (Wildman–Crippen LogP) is 2.04. The molecular formula is C10H13NO2S. The number of nitrogens with zero attached hydrogens (tertiary/aromatic N) is 1. The van der Waals surface area contributed by atoms with Crippen LogP contribution in [0.4, 0.5) is 0 Å².